The van der Waals surface area contributed by atoms with E-state index >= 15 is 0 Å². The van der Waals surface area contributed by atoms with Crippen molar-refractivity contribution >= 4 is 17.5 Å². The Labute approximate surface area is 113 Å². The molecule has 0 amide bonds. The fourth-order valence-electron chi connectivity index (χ4n) is 3.16. The minimum absolute atomic E-state index is 0.368. The number of hydrogen-bond donors (Lipinski definition) is 0. The van der Waals surface area contributed by atoms with Crippen LogP contribution in [-0.4, -0.2) is 11.5 Å². The molecule has 1 fully saturated rings. The minimum atomic E-state index is 0.368. The first-order chi connectivity index (χ1) is 8.83. The van der Waals surface area contributed by atoms with Crippen LogP contribution in [0.4, 0.5) is 0 Å². The van der Waals surface area contributed by atoms with Crippen LogP contribution in [0.15, 0.2) is 23.1 Å². The third kappa shape index (κ3) is 2.64. The summed E-state index contributed by atoms with van der Waals surface area (Å²) in [5.41, 5.74) is 3.02. The fraction of sp³-hybridized carbons (Fsp3) is 0.562. The Hall–Kier alpha value is -0.760. The summed E-state index contributed by atoms with van der Waals surface area (Å²) < 4.78 is 0. The Kier molecular flexibility index (Phi) is 3.74. The Bertz CT molecular complexity index is 446. The van der Waals surface area contributed by atoms with Gasteiger partial charge < -0.3 is 0 Å². The molecular formula is C16H20OS. The number of carbonyl (C=O) groups is 1. The van der Waals surface area contributed by atoms with Gasteiger partial charge in [0, 0.05) is 10.8 Å². The van der Waals surface area contributed by atoms with Gasteiger partial charge in [-0.25, -0.2) is 0 Å². The molecule has 0 aliphatic heterocycles. The lowest BCUT2D eigenvalue weighted by atomic mass is 10.0. The summed E-state index contributed by atoms with van der Waals surface area (Å²) in [6, 6.07) is 6.75. The second-order valence-electron chi connectivity index (χ2n) is 5.52. The normalized spacial score (nSPS) is 19.1. The number of aryl methyl sites for hydroxylation is 2. The molecule has 0 N–H and O–H groups in total. The third-order valence-corrected chi connectivity index (χ3v) is 5.28. The van der Waals surface area contributed by atoms with E-state index in [0.29, 0.717) is 17.5 Å². The van der Waals surface area contributed by atoms with Crippen LogP contribution in [0.3, 0.4) is 0 Å². The molecule has 1 aromatic rings. The number of hydrogen-bond acceptors (Lipinski definition) is 2. The van der Waals surface area contributed by atoms with Gasteiger partial charge in [-0.1, -0.05) is 18.9 Å². The molecule has 0 radical (unpaired) electrons. The number of Topliss-reactive ketones (excluding diaryl/α,β-unsaturated/α-hetero) is 1. The van der Waals surface area contributed by atoms with Gasteiger partial charge in [0.1, 0.15) is 5.78 Å². The summed E-state index contributed by atoms with van der Waals surface area (Å²) in [6.45, 7) is 0. The van der Waals surface area contributed by atoms with Gasteiger partial charge in [-0.3, -0.25) is 4.79 Å². The van der Waals surface area contributed by atoms with Crippen LogP contribution < -0.4 is 0 Å². The molecule has 2 aliphatic carbocycles. The van der Waals surface area contributed by atoms with Crippen molar-refractivity contribution in [2.75, 3.05) is 5.75 Å². The molecule has 1 nitrogen and oxygen atoms in total. The number of rotatable bonds is 4. The number of fused-ring (bicyclic) bond motifs is 1. The second-order valence-corrected chi connectivity index (χ2v) is 6.57. The molecular weight excluding hydrogens is 240 g/mol. The highest BCUT2D eigenvalue weighted by Gasteiger charge is 2.22. The van der Waals surface area contributed by atoms with Crippen LogP contribution in [0.25, 0.3) is 0 Å². The molecule has 18 heavy (non-hydrogen) atoms. The molecule has 0 spiro atoms. The molecule has 0 saturated heterocycles. The van der Waals surface area contributed by atoms with Crippen molar-refractivity contribution < 1.29 is 4.79 Å². The first-order valence-electron chi connectivity index (χ1n) is 7.10. The average Bonchev–Trinajstić information content (AvgIpc) is 3.05. The molecule has 0 heterocycles. The fourth-order valence-corrected chi connectivity index (χ4v) is 4.09. The summed E-state index contributed by atoms with van der Waals surface area (Å²) in [5, 5.41) is 0. The van der Waals surface area contributed by atoms with Crippen LogP contribution in [0, 0.1) is 5.92 Å². The van der Waals surface area contributed by atoms with Crippen LogP contribution in [-0.2, 0) is 17.6 Å². The SMILES string of the molecule is O=C(CSc1ccc2c(c1)CCC2)C1CCCC1. The highest BCUT2D eigenvalue weighted by Crippen LogP contribution is 2.30. The molecule has 0 aromatic heterocycles. The number of thioether (sulfide) groups is 1. The summed E-state index contributed by atoms with van der Waals surface area (Å²) >= 11 is 1.73. The van der Waals surface area contributed by atoms with Gasteiger partial charge >= 0.3 is 0 Å². The lowest BCUT2D eigenvalue weighted by Crippen LogP contribution is -2.12. The topological polar surface area (TPSA) is 17.1 Å². The van der Waals surface area contributed by atoms with Crippen molar-refractivity contribution in [1.82, 2.24) is 0 Å². The second kappa shape index (κ2) is 5.48. The molecule has 1 saturated carbocycles. The van der Waals surface area contributed by atoms with Crippen LogP contribution in [0.1, 0.15) is 43.2 Å². The van der Waals surface area contributed by atoms with E-state index in [1.54, 1.807) is 11.8 Å². The highest BCUT2D eigenvalue weighted by molar-refractivity contribution is 8.00. The smallest absolute Gasteiger partial charge is 0.146 e. The summed E-state index contributed by atoms with van der Waals surface area (Å²) in [7, 11) is 0. The van der Waals surface area contributed by atoms with E-state index in [-0.39, 0.29) is 0 Å². The maximum atomic E-state index is 12.0. The largest absolute Gasteiger partial charge is 0.298 e. The first-order valence-corrected chi connectivity index (χ1v) is 8.09. The Balaban J connectivity index is 1.58. The van der Waals surface area contributed by atoms with E-state index in [1.165, 1.54) is 48.1 Å². The lowest BCUT2D eigenvalue weighted by molar-refractivity contribution is -0.120. The number of carbonyl (C=O) groups excluding carboxylic acids is 1. The molecule has 2 aliphatic rings. The van der Waals surface area contributed by atoms with Gasteiger partial charge in [-0.15, -0.1) is 11.8 Å². The standard InChI is InChI=1S/C16H20OS/c17-16(13-4-1-2-5-13)11-18-15-9-8-12-6-3-7-14(12)10-15/h8-10,13H,1-7,11H2. The summed E-state index contributed by atoms with van der Waals surface area (Å²) in [5.74, 6) is 1.51. The van der Waals surface area contributed by atoms with Gasteiger partial charge in [0.05, 0.1) is 5.75 Å². The van der Waals surface area contributed by atoms with Gasteiger partial charge in [-0.05, 0) is 55.4 Å². The van der Waals surface area contributed by atoms with Gasteiger partial charge in [0.25, 0.3) is 0 Å². The quantitative estimate of drug-likeness (QED) is 0.760. The summed E-state index contributed by atoms with van der Waals surface area (Å²) in [4.78, 5) is 13.3. The third-order valence-electron chi connectivity index (χ3n) is 4.26. The maximum absolute atomic E-state index is 12.0. The predicted molar refractivity (Wildman–Crippen MR) is 76.2 cm³/mol. The number of benzene rings is 1. The molecule has 0 atom stereocenters. The predicted octanol–water partition coefficient (Wildman–Crippen LogP) is 4.03. The average molecular weight is 260 g/mol. The van der Waals surface area contributed by atoms with E-state index in [4.69, 9.17) is 0 Å². The van der Waals surface area contributed by atoms with Crippen LogP contribution in [0.2, 0.25) is 0 Å². The Morgan fingerprint density at radius 2 is 1.89 bits per heavy atom. The van der Waals surface area contributed by atoms with Crippen molar-refractivity contribution in [3.05, 3.63) is 29.3 Å². The molecule has 3 rings (SSSR count). The molecule has 2 heteroatoms. The zero-order valence-corrected chi connectivity index (χ0v) is 11.6. The lowest BCUT2D eigenvalue weighted by Gasteiger charge is -2.08. The zero-order chi connectivity index (χ0) is 12.4. The van der Waals surface area contributed by atoms with Crippen LogP contribution >= 0.6 is 11.8 Å². The molecule has 96 valence electrons. The maximum Gasteiger partial charge on any atom is 0.146 e. The van der Waals surface area contributed by atoms with Gasteiger partial charge in [0.2, 0.25) is 0 Å². The Morgan fingerprint density at radius 3 is 2.72 bits per heavy atom. The van der Waals surface area contributed by atoms with E-state index in [9.17, 15) is 4.79 Å². The van der Waals surface area contributed by atoms with E-state index in [0.717, 1.165) is 12.8 Å². The highest BCUT2D eigenvalue weighted by atomic mass is 32.2. The van der Waals surface area contributed by atoms with E-state index in [2.05, 4.69) is 18.2 Å². The van der Waals surface area contributed by atoms with Gasteiger partial charge in [-0.2, -0.15) is 0 Å². The van der Waals surface area contributed by atoms with E-state index < -0.39 is 0 Å². The van der Waals surface area contributed by atoms with Crippen molar-refractivity contribution in [3.8, 4) is 0 Å². The Morgan fingerprint density at radius 1 is 1.11 bits per heavy atom. The van der Waals surface area contributed by atoms with Crippen molar-refractivity contribution in [1.29, 1.82) is 0 Å². The monoisotopic (exact) mass is 260 g/mol. The first kappa shape index (κ1) is 12.3. The van der Waals surface area contributed by atoms with E-state index in [1.807, 2.05) is 0 Å². The zero-order valence-electron chi connectivity index (χ0n) is 10.8. The van der Waals surface area contributed by atoms with Gasteiger partial charge in [0.15, 0.2) is 0 Å². The van der Waals surface area contributed by atoms with Crippen LogP contribution in [0.5, 0.6) is 0 Å². The van der Waals surface area contributed by atoms with Crippen molar-refractivity contribution in [2.24, 2.45) is 5.92 Å². The minimum Gasteiger partial charge on any atom is -0.298 e. The van der Waals surface area contributed by atoms with Crippen molar-refractivity contribution in [2.45, 2.75) is 49.8 Å². The molecule has 0 bridgehead atoms. The summed E-state index contributed by atoms with van der Waals surface area (Å²) in [6.07, 6.45) is 8.51. The molecule has 0 unspecified atom stereocenters. The van der Waals surface area contributed by atoms with Crippen molar-refractivity contribution in [3.63, 3.8) is 0 Å². The number of ketones is 1. The molecule has 1 aromatic carbocycles.